The highest BCUT2D eigenvalue weighted by Crippen LogP contribution is 2.29. The Morgan fingerprint density at radius 3 is 2.76 bits per heavy atom. The van der Waals surface area contributed by atoms with E-state index in [-0.39, 0.29) is 0 Å². The molecule has 2 aromatic heterocycles. The number of hydrogen-bond acceptors (Lipinski definition) is 3. The van der Waals surface area contributed by atoms with Gasteiger partial charge in [-0.2, -0.15) is 18.3 Å². The van der Waals surface area contributed by atoms with Crippen molar-refractivity contribution in [3.05, 3.63) is 46.6 Å². The molecule has 1 amide bonds. The molecule has 0 aliphatic heterocycles. The van der Waals surface area contributed by atoms with Crippen LogP contribution in [0.2, 0.25) is 0 Å². The van der Waals surface area contributed by atoms with Crippen LogP contribution >= 0.6 is 0 Å². The molecule has 2 rings (SSSR count). The molecule has 0 spiro atoms. The van der Waals surface area contributed by atoms with Crippen molar-refractivity contribution in [2.75, 3.05) is 5.32 Å². The number of aromatic nitrogens is 3. The molecule has 2 heterocycles. The van der Waals surface area contributed by atoms with Crippen molar-refractivity contribution in [1.82, 2.24) is 14.8 Å². The summed E-state index contributed by atoms with van der Waals surface area (Å²) in [6, 6.07) is 1.42. The van der Waals surface area contributed by atoms with E-state index >= 15 is 0 Å². The third kappa shape index (κ3) is 3.30. The zero-order valence-corrected chi connectivity index (χ0v) is 10.8. The molecule has 1 atom stereocenters. The molecule has 21 heavy (non-hydrogen) atoms. The highest BCUT2D eigenvalue weighted by atomic mass is 19.4. The summed E-state index contributed by atoms with van der Waals surface area (Å²) in [7, 11) is 0. The number of aromatic amines is 1. The van der Waals surface area contributed by atoms with Crippen LogP contribution in [-0.2, 0) is 11.0 Å². The van der Waals surface area contributed by atoms with E-state index in [1.807, 2.05) is 4.98 Å². The second kappa shape index (κ2) is 5.43. The lowest BCUT2D eigenvalue weighted by Gasteiger charge is -2.13. The fourth-order valence-electron chi connectivity index (χ4n) is 1.61. The van der Waals surface area contributed by atoms with Gasteiger partial charge in [-0.3, -0.25) is 14.3 Å². The molecule has 0 aliphatic rings. The minimum absolute atomic E-state index is 0.464. The SMILES string of the molecule is C[C@H](C(=O)Nc1cc(C(F)(F)F)c[nH]c1=O)n1cccn1. The van der Waals surface area contributed by atoms with Gasteiger partial charge in [-0.25, -0.2) is 0 Å². The first-order chi connectivity index (χ1) is 9.79. The van der Waals surface area contributed by atoms with Gasteiger partial charge < -0.3 is 10.3 Å². The lowest BCUT2D eigenvalue weighted by Crippen LogP contribution is -2.27. The fourth-order valence-corrected chi connectivity index (χ4v) is 1.61. The molecule has 2 aromatic rings. The first-order valence-electron chi connectivity index (χ1n) is 5.89. The van der Waals surface area contributed by atoms with Crippen LogP contribution in [-0.4, -0.2) is 20.7 Å². The molecule has 0 saturated carbocycles. The van der Waals surface area contributed by atoms with Crippen molar-refractivity contribution in [2.45, 2.75) is 19.1 Å². The molecule has 0 bridgehead atoms. The number of alkyl halides is 3. The first-order valence-corrected chi connectivity index (χ1v) is 5.89. The van der Waals surface area contributed by atoms with Crippen molar-refractivity contribution in [3.8, 4) is 0 Å². The maximum Gasteiger partial charge on any atom is 0.417 e. The van der Waals surface area contributed by atoms with E-state index < -0.39 is 34.9 Å². The fraction of sp³-hybridized carbons (Fsp3) is 0.250. The molecular formula is C12H11F3N4O2. The van der Waals surface area contributed by atoms with Crippen LogP contribution in [0.25, 0.3) is 0 Å². The Balaban J connectivity index is 2.23. The summed E-state index contributed by atoms with van der Waals surface area (Å²) in [6.45, 7) is 1.50. The van der Waals surface area contributed by atoms with Crippen molar-refractivity contribution in [2.24, 2.45) is 0 Å². The number of hydrogen-bond donors (Lipinski definition) is 2. The minimum Gasteiger partial charge on any atom is -0.327 e. The molecule has 0 unspecified atom stereocenters. The predicted octanol–water partition coefficient (Wildman–Crippen LogP) is 1.79. The van der Waals surface area contributed by atoms with Gasteiger partial charge in [0.1, 0.15) is 11.7 Å². The first kappa shape index (κ1) is 14.8. The lowest BCUT2D eigenvalue weighted by atomic mass is 10.2. The zero-order chi connectivity index (χ0) is 15.6. The average molecular weight is 300 g/mol. The average Bonchev–Trinajstić information content (AvgIpc) is 2.92. The van der Waals surface area contributed by atoms with Crippen LogP contribution in [0.15, 0.2) is 35.5 Å². The third-order valence-electron chi connectivity index (χ3n) is 2.79. The van der Waals surface area contributed by atoms with Gasteiger partial charge in [0.2, 0.25) is 5.91 Å². The Kier molecular flexibility index (Phi) is 3.83. The number of pyridine rings is 1. The van der Waals surface area contributed by atoms with Gasteiger partial charge in [-0.05, 0) is 19.1 Å². The van der Waals surface area contributed by atoms with Gasteiger partial charge in [0.25, 0.3) is 5.56 Å². The maximum absolute atomic E-state index is 12.6. The molecule has 0 saturated heterocycles. The van der Waals surface area contributed by atoms with E-state index in [1.54, 1.807) is 6.07 Å². The van der Waals surface area contributed by atoms with Gasteiger partial charge in [-0.15, -0.1) is 0 Å². The second-order valence-electron chi connectivity index (χ2n) is 4.28. The Hall–Kier alpha value is -2.58. The van der Waals surface area contributed by atoms with Crippen molar-refractivity contribution >= 4 is 11.6 Å². The molecule has 0 aliphatic carbocycles. The number of carbonyl (C=O) groups is 1. The van der Waals surface area contributed by atoms with Crippen LogP contribution < -0.4 is 10.9 Å². The summed E-state index contributed by atoms with van der Waals surface area (Å²) in [5.41, 5.74) is -2.33. The molecule has 0 fully saturated rings. The van der Waals surface area contributed by atoms with Gasteiger partial charge in [0, 0.05) is 18.6 Å². The van der Waals surface area contributed by atoms with E-state index in [4.69, 9.17) is 0 Å². The van der Waals surface area contributed by atoms with Gasteiger partial charge >= 0.3 is 6.18 Å². The number of amides is 1. The smallest absolute Gasteiger partial charge is 0.327 e. The highest BCUT2D eigenvalue weighted by molar-refractivity contribution is 5.93. The quantitative estimate of drug-likeness (QED) is 0.907. The van der Waals surface area contributed by atoms with Crippen LogP contribution in [0.4, 0.5) is 18.9 Å². The Morgan fingerprint density at radius 1 is 1.48 bits per heavy atom. The van der Waals surface area contributed by atoms with Gasteiger partial charge in [-0.1, -0.05) is 0 Å². The highest BCUT2D eigenvalue weighted by Gasteiger charge is 2.31. The topological polar surface area (TPSA) is 79.8 Å². The minimum atomic E-state index is -4.61. The Bertz CT molecular complexity index is 691. The summed E-state index contributed by atoms with van der Waals surface area (Å²) >= 11 is 0. The number of nitrogens with one attached hydrogen (secondary N) is 2. The van der Waals surface area contributed by atoms with Crippen molar-refractivity contribution in [3.63, 3.8) is 0 Å². The number of carbonyl (C=O) groups excluding carboxylic acids is 1. The van der Waals surface area contributed by atoms with Crippen molar-refractivity contribution in [1.29, 1.82) is 0 Å². The van der Waals surface area contributed by atoms with E-state index in [0.717, 1.165) is 0 Å². The largest absolute Gasteiger partial charge is 0.417 e. The summed E-state index contributed by atoms with van der Waals surface area (Å²) in [6.07, 6.45) is -1.08. The van der Waals surface area contributed by atoms with Crippen molar-refractivity contribution < 1.29 is 18.0 Å². The number of H-pyrrole nitrogens is 1. The molecular weight excluding hydrogens is 289 g/mol. The van der Waals surface area contributed by atoms with E-state index in [0.29, 0.717) is 12.3 Å². The molecule has 2 N–H and O–H groups in total. The summed E-state index contributed by atoms with van der Waals surface area (Å²) in [5.74, 6) is -0.650. The molecule has 9 heteroatoms. The molecule has 6 nitrogen and oxygen atoms in total. The third-order valence-corrected chi connectivity index (χ3v) is 2.79. The Morgan fingerprint density at radius 2 is 2.19 bits per heavy atom. The van der Waals surface area contributed by atoms with Gasteiger partial charge in [0.05, 0.1) is 5.56 Å². The predicted molar refractivity (Wildman–Crippen MR) is 67.6 cm³/mol. The summed E-state index contributed by atoms with van der Waals surface area (Å²) < 4.78 is 39.0. The van der Waals surface area contributed by atoms with Crippen LogP contribution in [0, 0.1) is 0 Å². The summed E-state index contributed by atoms with van der Waals surface area (Å²) in [5, 5.41) is 6.02. The van der Waals surface area contributed by atoms with Crippen LogP contribution in [0.1, 0.15) is 18.5 Å². The standard InChI is InChI=1S/C12H11F3N4O2/c1-7(19-4-2-3-17-19)10(20)18-9-5-8(12(13,14)15)6-16-11(9)21/h2-7H,1H3,(H,16,21)(H,18,20)/t7-/m1/s1. The number of nitrogens with zero attached hydrogens (tertiary/aromatic N) is 2. The number of anilines is 1. The summed E-state index contributed by atoms with van der Waals surface area (Å²) in [4.78, 5) is 25.3. The van der Waals surface area contributed by atoms with Crippen LogP contribution in [0.3, 0.4) is 0 Å². The number of rotatable bonds is 3. The lowest BCUT2D eigenvalue weighted by molar-refractivity contribution is -0.137. The second-order valence-corrected chi connectivity index (χ2v) is 4.28. The normalized spacial score (nSPS) is 13.0. The van der Waals surface area contributed by atoms with E-state index in [2.05, 4.69) is 10.4 Å². The number of halogens is 3. The van der Waals surface area contributed by atoms with E-state index in [9.17, 15) is 22.8 Å². The monoisotopic (exact) mass is 300 g/mol. The molecule has 0 aromatic carbocycles. The van der Waals surface area contributed by atoms with Gasteiger partial charge in [0.15, 0.2) is 0 Å². The Labute approximate surface area is 116 Å². The van der Waals surface area contributed by atoms with Crippen LogP contribution in [0.5, 0.6) is 0 Å². The van der Waals surface area contributed by atoms with E-state index in [1.165, 1.54) is 24.0 Å². The molecule has 0 radical (unpaired) electrons. The molecule has 112 valence electrons. The maximum atomic E-state index is 12.6. The zero-order valence-electron chi connectivity index (χ0n) is 10.8.